The molecule has 0 aliphatic heterocycles. The second-order valence-corrected chi connectivity index (χ2v) is 5.12. The summed E-state index contributed by atoms with van der Waals surface area (Å²) in [5.74, 6) is 0.815. The van der Waals surface area contributed by atoms with Crippen molar-refractivity contribution in [1.82, 2.24) is 24.7 Å². The van der Waals surface area contributed by atoms with Crippen molar-refractivity contribution in [2.24, 2.45) is 13.0 Å². The Hall–Kier alpha value is -2.25. The molecule has 0 saturated carbocycles. The molecule has 2 heterocycles. The summed E-state index contributed by atoms with van der Waals surface area (Å²) < 4.78 is 19.9. The van der Waals surface area contributed by atoms with Gasteiger partial charge < -0.3 is 10.1 Å². The van der Waals surface area contributed by atoms with E-state index in [2.05, 4.69) is 39.2 Å². The standard InChI is InChI=1S/C13H19FN6O/c1-8(2)5-10(11-16-7-17-20(11)3)18-13-15-6-9(14)12(19-13)21-4/h6-8,10H,5H2,1-4H3,(H,15,18,19). The number of anilines is 1. The Morgan fingerprint density at radius 1 is 1.38 bits per heavy atom. The predicted octanol–water partition coefficient (Wildman–Crippen LogP) is 1.95. The highest BCUT2D eigenvalue weighted by atomic mass is 19.1. The topological polar surface area (TPSA) is 77.8 Å². The fraction of sp³-hybridized carbons (Fsp3) is 0.538. The van der Waals surface area contributed by atoms with E-state index in [1.165, 1.54) is 13.4 Å². The molecule has 21 heavy (non-hydrogen) atoms. The number of methoxy groups -OCH3 is 1. The highest BCUT2D eigenvalue weighted by Crippen LogP contribution is 2.23. The van der Waals surface area contributed by atoms with E-state index in [9.17, 15) is 4.39 Å². The lowest BCUT2D eigenvalue weighted by atomic mass is 10.0. The van der Waals surface area contributed by atoms with Gasteiger partial charge in [0.25, 0.3) is 5.88 Å². The quantitative estimate of drug-likeness (QED) is 0.877. The summed E-state index contributed by atoms with van der Waals surface area (Å²) in [6.45, 7) is 4.22. The molecule has 2 rings (SSSR count). The summed E-state index contributed by atoms with van der Waals surface area (Å²) in [7, 11) is 3.19. The molecule has 0 aliphatic rings. The van der Waals surface area contributed by atoms with Crippen molar-refractivity contribution in [3.05, 3.63) is 24.2 Å². The average molecular weight is 294 g/mol. The van der Waals surface area contributed by atoms with Crippen LogP contribution in [0.5, 0.6) is 5.88 Å². The van der Waals surface area contributed by atoms with Gasteiger partial charge in [-0.1, -0.05) is 13.8 Å². The van der Waals surface area contributed by atoms with Gasteiger partial charge in [0.2, 0.25) is 11.8 Å². The Labute approximate surface area is 122 Å². The van der Waals surface area contributed by atoms with Crippen LogP contribution >= 0.6 is 0 Å². The van der Waals surface area contributed by atoms with E-state index in [0.717, 1.165) is 18.4 Å². The Bertz CT molecular complexity index is 600. The second kappa shape index (κ2) is 6.47. The third-order valence-corrected chi connectivity index (χ3v) is 2.97. The monoisotopic (exact) mass is 294 g/mol. The predicted molar refractivity (Wildman–Crippen MR) is 75.4 cm³/mol. The van der Waals surface area contributed by atoms with Crippen molar-refractivity contribution in [1.29, 1.82) is 0 Å². The van der Waals surface area contributed by atoms with Crippen LogP contribution in [-0.4, -0.2) is 31.8 Å². The first-order valence-electron chi connectivity index (χ1n) is 6.68. The minimum atomic E-state index is -0.595. The highest BCUT2D eigenvalue weighted by Gasteiger charge is 2.20. The van der Waals surface area contributed by atoms with Gasteiger partial charge in [-0.2, -0.15) is 14.5 Å². The molecule has 2 aromatic heterocycles. The maximum absolute atomic E-state index is 13.4. The van der Waals surface area contributed by atoms with Crippen LogP contribution in [0, 0.1) is 11.7 Å². The lowest BCUT2D eigenvalue weighted by molar-refractivity contribution is 0.367. The molecule has 7 nitrogen and oxygen atoms in total. The Kier molecular flexibility index (Phi) is 4.66. The van der Waals surface area contributed by atoms with Crippen LogP contribution in [0.4, 0.5) is 10.3 Å². The first kappa shape index (κ1) is 15.1. The number of aromatic nitrogens is 5. The Balaban J connectivity index is 2.25. The summed E-state index contributed by atoms with van der Waals surface area (Å²) in [5, 5.41) is 7.24. The largest absolute Gasteiger partial charge is 0.479 e. The van der Waals surface area contributed by atoms with Crippen LogP contribution in [0.15, 0.2) is 12.5 Å². The number of hydrogen-bond acceptors (Lipinski definition) is 6. The van der Waals surface area contributed by atoms with Gasteiger partial charge in [0.15, 0.2) is 0 Å². The zero-order chi connectivity index (χ0) is 15.4. The van der Waals surface area contributed by atoms with Gasteiger partial charge in [0, 0.05) is 7.05 Å². The molecule has 0 radical (unpaired) electrons. The smallest absolute Gasteiger partial charge is 0.255 e. The minimum absolute atomic E-state index is 0.0891. The van der Waals surface area contributed by atoms with Gasteiger partial charge in [0.1, 0.15) is 12.2 Å². The zero-order valence-corrected chi connectivity index (χ0v) is 12.5. The fourth-order valence-electron chi connectivity index (χ4n) is 2.04. The van der Waals surface area contributed by atoms with Crippen molar-refractivity contribution in [3.63, 3.8) is 0 Å². The lowest BCUT2D eigenvalue weighted by Crippen LogP contribution is -2.19. The summed E-state index contributed by atoms with van der Waals surface area (Å²) >= 11 is 0. The molecule has 0 spiro atoms. The van der Waals surface area contributed by atoms with Crippen LogP contribution in [0.2, 0.25) is 0 Å². The fourth-order valence-corrected chi connectivity index (χ4v) is 2.04. The third-order valence-electron chi connectivity index (χ3n) is 2.97. The molecule has 0 bridgehead atoms. The zero-order valence-electron chi connectivity index (χ0n) is 12.5. The van der Waals surface area contributed by atoms with Crippen LogP contribution < -0.4 is 10.1 Å². The molecule has 1 unspecified atom stereocenters. The van der Waals surface area contributed by atoms with Gasteiger partial charge >= 0.3 is 0 Å². The van der Waals surface area contributed by atoms with Crippen molar-refractivity contribution in [2.75, 3.05) is 12.4 Å². The molecule has 8 heteroatoms. The molecular weight excluding hydrogens is 275 g/mol. The Morgan fingerprint density at radius 2 is 2.14 bits per heavy atom. The number of nitrogens with zero attached hydrogens (tertiary/aromatic N) is 5. The minimum Gasteiger partial charge on any atom is -0.479 e. The van der Waals surface area contributed by atoms with Crippen molar-refractivity contribution in [3.8, 4) is 5.88 Å². The van der Waals surface area contributed by atoms with E-state index < -0.39 is 5.82 Å². The van der Waals surface area contributed by atoms with Crippen LogP contribution in [0.25, 0.3) is 0 Å². The SMILES string of the molecule is COc1nc(NC(CC(C)C)c2ncnn2C)ncc1F. The van der Waals surface area contributed by atoms with Gasteiger partial charge in [-0.3, -0.25) is 4.68 Å². The van der Waals surface area contributed by atoms with E-state index in [4.69, 9.17) is 4.74 Å². The molecule has 1 N–H and O–H groups in total. The molecule has 2 aromatic rings. The number of nitrogens with one attached hydrogen (secondary N) is 1. The van der Waals surface area contributed by atoms with Crippen molar-refractivity contribution in [2.45, 2.75) is 26.3 Å². The summed E-state index contributed by atoms with van der Waals surface area (Å²) in [5.41, 5.74) is 0. The van der Waals surface area contributed by atoms with Crippen molar-refractivity contribution < 1.29 is 9.13 Å². The van der Waals surface area contributed by atoms with Crippen molar-refractivity contribution >= 4 is 5.95 Å². The highest BCUT2D eigenvalue weighted by molar-refractivity contribution is 5.31. The van der Waals surface area contributed by atoms with E-state index in [1.807, 2.05) is 7.05 Å². The first-order chi connectivity index (χ1) is 10.0. The molecule has 0 aromatic carbocycles. The molecule has 0 fully saturated rings. The number of halogens is 1. The van der Waals surface area contributed by atoms with Gasteiger partial charge in [-0.15, -0.1) is 0 Å². The lowest BCUT2D eigenvalue weighted by Gasteiger charge is -2.19. The summed E-state index contributed by atoms with van der Waals surface area (Å²) in [4.78, 5) is 12.2. The maximum Gasteiger partial charge on any atom is 0.255 e. The molecule has 0 aliphatic carbocycles. The molecular formula is C13H19FN6O. The normalized spacial score (nSPS) is 12.5. The first-order valence-corrected chi connectivity index (χ1v) is 6.68. The molecule has 1 atom stereocenters. The van der Waals surface area contributed by atoms with Gasteiger partial charge in [0.05, 0.1) is 19.3 Å². The number of hydrogen-bond donors (Lipinski definition) is 1. The van der Waals surface area contributed by atoms with Crippen LogP contribution in [0.1, 0.15) is 32.1 Å². The third kappa shape index (κ3) is 3.65. The second-order valence-electron chi connectivity index (χ2n) is 5.12. The van der Waals surface area contributed by atoms with Crippen LogP contribution in [0.3, 0.4) is 0 Å². The van der Waals surface area contributed by atoms with E-state index in [0.29, 0.717) is 11.9 Å². The summed E-state index contributed by atoms with van der Waals surface area (Å²) in [6.07, 6.45) is 3.39. The molecule has 0 saturated heterocycles. The Morgan fingerprint density at radius 3 is 2.71 bits per heavy atom. The summed E-state index contributed by atoms with van der Waals surface area (Å²) in [6, 6.07) is -0.118. The number of ether oxygens (including phenoxy) is 1. The average Bonchev–Trinajstić information content (AvgIpc) is 2.86. The van der Waals surface area contributed by atoms with E-state index >= 15 is 0 Å². The van der Waals surface area contributed by atoms with Gasteiger partial charge in [-0.05, 0) is 12.3 Å². The van der Waals surface area contributed by atoms with Gasteiger partial charge in [-0.25, -0.2) is 9.97 Å². The van der Waals surface area contributed by atoms with E-state index in [1.54, 1.807) is 4.68 Å². The molecule has 0 amide bonds. The van der Waals surface area contributed by atoms with Crippen LogP contribution in [-0.2, 0) is 7.05 Å². The maximum atomic E-state index is 13.4. The number of rotatable bonds is 6. The number of aryl methyl sites for hydroxylation is 1. The molecule has 114 valence electrons. The van der Waals surface area contributed by atoms with E-state index in [-0.39, 0.29) is 11.9 Å².